The van der Waals surface area contributed by atoms with E-state index < -0.39 is 15.9 Å². The van der Waals surface area contributed by atoms with Gasteiger partial charge in [0, 0.05) is 0 Å². The summed E-state index contributed by atoms with van der Waals surface area (Å²) in [6.07, 6.45) is 0. The molecule has 0 heterocycles. The molecule has 1 aromatic carbocycles. The second-order valence-corrected chi connectivity index (χ2v) is 2.42. The molecule has 0 aromatic heterocycles. The molecule has 0 amide bonds. The average Bonchev–Trinajstić information content (AvgIpc) is 1.91. The van der Waals surface area contributed by atoms with Gasteiger partial charge in [0.15, 0.2) is 0 Å². The van der Waals surface area contributed by atoms with Crippen molar-refractivity contribution in [1.29, 1.82) is 0 Å². The predicted molar refractivity (Wildman–Crippen MR) is 36.5 cm³/mol. The van der Waals surface area contributed by atoms with Crippen molar-refractivity contribution in [2.45, 2.75) is 0 Å². The van der Waals surface area contributed by atoms with Crippen molar-refractivity contribution < 1.29 is 3.74 Å². The van der Waals surface area contributed by atoms with Gasteiger partial charge in [-0.3, -0.25) is 0 Å². The monoisotopic (exact) mass is 183 g/mol. The Bertz CT molecular complexity index is 188. The maximum absolute atomic E-state index is 10.1. The van der Waals surface area contributed by atoms with E-state index in [1.165, 1.54) is 0 Å². The van der Waals surface area contributed by atoms with Crippen LogP contribution in [0.4, 0.5) is 5.69 Å². The van der Waals surface area contributed by atoms with Crippen LogP contribution in [0.3, 0.4) is 0 Å². The van der Waals surface area contributed by atoms with Gasteiger partial charge in [-0.05, 0) is 0 Å². The summed E-state index contributed by atoms with van der Waals surface area (Å²) < 4.78 is 12.8. The van der Waals surface area contributed by atoms with Gasteiger partial charge in [0.2, 0.25) is 0 Å². The molecule has 1 aromatic rings. The Hall–Kier alpha value is -0.622. The van der Waals surface area contributed by atoms with Gasteiger partial charge in [-0.25, -0.2) is 0 Å². The standard InChI is InChI=1S/C6H6AsNO/c9-7-8-6-4-2-1-3-5-6/h1-5H,(H,8,9). The Morgan fingerprint density at radius 2 is 1.89 bits per heavy atom. The van der Waals surface area contributed by atoms with Crippen molar-refractivity contribution in [3.05, 3.63) is 30.3 Å². The summed E-state index contributed by atoms with van der Waals surface area (Å²) in [5.74, 6) is 0. The van der Waals surface area contributed by atoms with Crippen molar-refractivity contribution >= 4 is 21.6 Å². The molecule has 1 rings (SSSR count). The Balaban J connectivity index is 2.72. The number of anilines is 1. The molecule has 0 radical (unpaired) electrons. The second kappa shape index (κ2) is 3.41. The first-order chi connectivity index (χ1) is 4.43. The first-order valence-electron chi connectivity index (χ1n) is 2.57. The van der Waals surface area contributed by atoms with Gasteiger partial charge in [-0.2, -0.15) is 0 Å². The molecule has 0 atom stereocenters. The summed E-state index contributed by atoms with van der Waals surface area (Å²) in [6.45, 7) is 0. The molecule has 0 fully saturated rings. The number of para-hydroxylation sites is 1. The van der Waals surface area contributed by atoms with Crippen molar-refractivity contribution in [1.82, 2.24) is 0 Å². The van der Waals surface area contributed by atoms with E-state index in [9.17, 15) is 3.74 Å². The fourth-order valence-electron chi connectivity index (χ4n) is 0.565. The van der Waals surface area contributed by atoms with Crippen molar-refractivity contribution in [2.75, 3.05) is 4.23 Å². The van der Waals surface area contributed by atoms with Crippen LogP contribution >= 0.6 is 0 Å². The van der Waals surface area contributed by atoms with E-state index in [-0.39, 0.29) is 0 Å². The molecule has 0 unspecified atom stereocenters. The average molecular weight is 183 g/mol. The predicted octanol–water partition coefficient (Wildman–Crippen LogP) is 1.06. The summed E-state index contributed by atoms with van der Waals surface area (Å²) in [5, 5.41) is 0. The SMILES string of the molecule is O=[As]Nc1ccccc1. The van der Waals surface area contributed by atoms with Crippen molar-refractivity contribution in [3.8, 4) is 0 Å². The molecule has 0 saturated heterocycles. The van der Waals surface area contributed by atoms with Crippen molar-refractivity contribution in [3.63, 3.8) is 0 Å². The normalized spacial score (nSPS) is 9.33. The number of rotatable bonds is 2. The number of hydrogen-bond acceptors (Lipinski definition) is 1. The van der Waals surface area contributed by atoms with Crippen LogP contribution in [0.15, 0.2) is 30.3 Å². The molecule has 0 aliphatic carbocycles. The van der Waals surface area contributed by atoms with Gasteiger partial charge < -0.3 is 0 Å². The zero-order valence-corrected chi connectivity index (χ0v) is 6.62. The van der Waals surface area contributed by atoms with E-state index >= 15 is 0 Å². The van der Waals surface area contributed by atoms with E-state index in [1.54, 1.807) is 0 Å². The van der Waals surface area contributed by atoms with Crippen LogP contribution < -0.4 is 4.23 Å². The van der Waals surface area contributed by atoms with Gasteiger partial charge in [0.05, 0.1) is 0 Å². The van der Waals surface area contributed by atoms with E-state index in [2.05, 4.69) is 4.23 Å². The minimum absolute atomic E-state index is 0.924. The number of nitrogens with one attached hydrogen (secondary N) is 1. The van der Waals surface area contributed by atoms with Crippen LogP contribution in [0.1, 0.15) is 0 Å². The molecular formula is C6H6AsNO. The number of benzene rings is 1. The topological polar surface area (TPSA) is 29.1 Å². The van der Waals surface area contributed by atoms with Crippen LogP contribution in [-0.4, -0.2) is 15.9 Å². The molecule has 0 saturated carbocycles. The van der Waals surface area contributed by atoms with Gasteiger partial charge >= 0.3 is 59.9 Å². The zero-order valence-electron chi connectivity index (χ0n) is 4.74. The molecule has 1 N–H and O–H groups in total. The van der Waals surface area contributed by atoms with Crippen molar-refractivity contribution in [2.24, 2.45) is 0 Å². The summed E-state index contributed by atoms with van der Waals surface area (Å²) in [5.41, 5.74) is 0.924. The first-order valence-corrected chi connectivity index (χ1v) is 4.27. The molecule has 0 aliphatic heterocycles. The van der Waals surface area contributed by atoms with Gasteiger partial charge in [-0.15, -0.1) is 0 Å². The van der Waals surface area contributed by atoms with Crippen LogP contribution in [0, 0.1) is 0 Å². The minimum atomic E-state index is -0.951. The second-order valence-electron chi connectivity index (χ2n) is 1.57. The molecular weight excluding hydrogens is 177 g/mol. The molecule has 9 heavy (non-hydrogen) atoms. The van der Waals surface area contributed by atoms with E-state index in [1.807, 2.05) is 30.3 Å². The molecule has 3 heteroatoms. The summed E-state index contributed by atoms with van der Waals surface area (Å²) in [7, 11) is 0. The van der Waals surface area contributed by atoms with Crippen LogP contribution in [-0.2, 0) is 3.74 Å². The third-order valence-electron chi connectivity index (χ3n) is 0.949. The molecule has 0 spiro atoms. The fraction of sp³-hybridized carbons (Fsp3) is 0. The van der Waals surface area contributed by atoms with Crippen LogP contribution in [0.25, 0.3) is 0 Å². The third kappa shape index (κ3) is 1.98. The summed E-state index contributed by atoms with van der Waals surface area (Å²) >= 11 is -0.951. The Kier molecular flexibility index (Phi) is 2.46. The Morgan fingerprint density at radius 1 is 1.22 bits per heavy atom. The van der Waals surface area contributed by atoms with Gasteiger partial charge in [-0.1, -0.05) is 0 Å². The van der Waals surface area contributed by atoms with E-state index in [0.717, 1.165) is 5.69 Å². The maximum atomic E-state index is 10.1. The summed E-state index contributed by atoms with van der Waals surface area (Å²) in [6, 6.07) is 9.49. The van der Waals surface area contributed by atoms with E-state index in [4.69, 9.17) is 0 Å². The van der Waals surface area contributed by atoms with Gasteiger partial charge in [0.25, 0.3) is 0 Å². The third-order valence-corrected chi connectivity index (χ3v) is 1.68. The quantitative estimate of drug-likeness (QED) is 0.694. The number of hydrogen-bond donors (Lipinski definition) is 1. The summed E-state index contributed by atoms with van der Waals surface area (Å²) in [4.78, 5) is 0. The Labute approximate surface area is 60.4 Å². The molecule has 0 bridgehead atoms. The van der Waals surface area contributed by atoms with E-state index in [0.29, 0.717) is 0 Å². The Morgan fingerprint density at radius 3 is 2.44 bits per heavy atom. The van der Waals surface area contributed by atoms with Gasteiger partial charge in [0.1, 0.15) is 0 Å². The zero-order chi connectivity index (χ0) is 6.53. The molecule has 46 valence electrons. The van der Waals surface area contributed by atoms with Crippen LogP contribution in [0.2, 0.25) is 0 Å². The molecule has 0 aliphatic rings. The first kappa shape index (κ1) is 6.50. The fourth-order valence-corrected chi connectivity index (χ4v) is 1.10. The molecule has 2 nitrogen and oxygen atoms in total. The van der Waals surface area contributed by atoms with Crippen LogP contribution in [0.5, 0.6) is 0 Å².